The van der Waals surface area contributed by atoms with Crippen LogP contribution in [0.1, 0.15) is 61.5 Å². The molecule has 0 unspecified atom stereocenters. The van der Waals surface area contributed by atoms with E-state index in [9.17, 15) is 14.4 Å². The highest BCUT2D eigenvalue weighted by Gasteiger charge is 2.33. The van der Waals surface area contributed by atoms with E-state index in [0.29, 0.717) is 12.1 Å². The summed E-state index contributed by atoms with van der Waals surface area (Å²) in [7, 11) is 3.46. The number of nitrogens with zero attached hydrogens (tertiary/aromatic N) is 2. The second kappa shape index (κ2) is 7.98. The first-order chi connectivity index (χ1) is 12.6. The van der Waals surface area contributed by atoms with E-state index in [0.717, 1.165) is 13.0 Å². The Bertz CT molecular complexity index is 783. The van der Waals surface area contributed by atoms with E-state index in [2.05, 4.69) is 0 Å². The van der Waals surface area contributed by atoms with Crippen molar-refractivity contribution in [1.29, 1.82) is 0 Å². The topological polar surface area (TPSA) is 77.8 Å². The van der Waals surface area contributed by atoms with E-state index < -0.39 is 23.3 Å². The molecular formula is C20H28N2O5. The van der Waals surface area contributed by atoms with Crippen LogP contribution in [-0.4, -0.2) is 53.0 Å². The predicted octanol–water partition coefficient (Wildman–Crippen LogP) is 2.71. The standard InChI is InChI=1S/C20H28N2O5/c1-7-26-18(24)15-11-10-14(22(15)6)17(23)16(13-9-8-12-21(13)5)19(25)27-20(2,3)4/h10-11H,7-9,12H2,1-6H3/b16-13+. The van der Waals surface area contributed by atoms with Gasteiger partial charge in [-0.1, -0.05) is 0 Å². The zero-order valence-electron chi connectivity index (χ0n) is 16.9. The van der Waals surface area contributed by atoms with Crippen LogP contribution >= 0.6 is 0 Å². The first-order valence-corrected chi connectivity index (χ1v) is 9.12. The molecule has 0 amide bonds. The third-order valence-corrected chi connectivity index (χ3v) is 4.33. The lowest BCUT2D eigenvalue weighted by molar-refractivity contribution is -0.149. The first kappa shape index (κ1) is 20.7. The molecule has 1 aliphatic heterocycles. The van der Waals surface area contributed by atoms with Gasteiger partial charge in [0.2, 0.25) is 5.78 Å². The van der Waals surface area contributed by atoms with Crippen molar-refractivity contribution in [1.82, 2.24) is 9.47 Å². The number of carbonyl (C=O) groups excluding carboxylic acids is 3. The number of hydrogen-bond acceptors (Lipinski definition) is 6. The lowest BCUT2D eigenvalue weighted by Gasteiger charge is -2.23. The summed E-state index contributed by atoms with van der Waals surface area (Å²) in [5.74, 6) is -1.61. The molecule has 2 rings (SSSR count). The second-order valence-electron chi connectivity index (χ2n) is 7.56. The molecule has 0 atom stereocenters. The second-order valence-corrected chi connectivity index (χ2v) is 7.56. The molecule has 1 aromatic rings. The van der Waals surface area contributed by atoms with Crippen LogP contribution in [0.2, 0.25) is 0 Å². The molecular weight excluding hydrogens is 348 g/mol. The number of ether oxygens (including phenoxy) is 2. The van der Waals surface area contributed by atoms with Gasteiger partial charge in [0.05, 0.1) is 12.3 Å². The molecule has 0 saturated carbocycles. The highest BCUT2D eigenvalue weighted by molar-refractivity contribution is 6.24. The SMILES string of the molecule is CCOC(=O)c1ccc(C(=O)/C(C(=O)OC(C)(C)C)=C2/CCCN2C)n1C. The number of hydrogen-bond donors (Lipinski definition) is 0. The van der Waals surface area contributed by atoms with E-state index in [1.165, 1.54) is 16.7 Å². The summed E-state index contributed by atoms with van der Waals surface area (Å²) >= 11 is 0. The zero-order valence-corrected chi connectivity index (χ0v) is 16.9. The maximum Gasteiger partial charge on any atom is 0.354 e. The Kier molecular flexibility index (Phi) is 6.13. The van der Waals surface area contributed by atoms with Crippen molar-refractivity contribution < 1.29 is 23.9 Å². The number of likely N-dealkylation sites (tertiary alicyclic amines) is 1. The molecule has 7 nitrogen and oxygen atoms in total. The van der Waals surface area contributed by atoms with Gasteiger partial charge in [-0.25, -0.2) is 9.59 Å². The normalized spacial score (nSPS) is 16.3. The van der Waals surface area contributed by atoms with E-state index in [1.807, 2.05) is 11.9 Å². The minimum Gasteiger partial charge on any atom is -0.461 e. The van der Waals surface area contributed by atoms with Gasteiger partial charge in [0.15, 0.2) is 0 Å². The molecule has 2 heterocycles. The van der Waals surface area contributed by atoms with Gasteiger partial charge >= 0.3 is 11.9 Å². The molecule has 0 aromatic carbocycles. The summed E-state index contributed by atoms with van der Waals surface area (Å²) in [5.41, 5.74) is 0.486. The van der Waals surface area contributed by atoms with Gasteiger partial charge in [-0.15, -0.1) is 0 Å². The van der Waals surface area contributed by atoms with Crippen molar-refractivity contribution in [3.8, 4) is 0 Å². The van der Waals surface area contributed by atoms with Gasteiger partial charge in [-0.2, -0.15) is 0 Å². The molecule has 7 heteroatoms. The molecule has 0 spiro atoms. The Hall–Kier alpha value is -2.57. The first-order valence-electron chi connectivity index (χ1n) is 9.12. The maximum absolute atomic E-state index is 13.3. The molecule has 27 heavy (non-hydrogen) atoms. The summed E-state index contributed by atoms with van der Waals surface area (Å²) < 4.78 is 12.0. The highest BCUT2D eigenvalue weighted by atomic mass is 16.6. The summed E-state index contributed by atoms with van der Waals surface area (Å²) in [6.45, 7) is 8.02. The lowest BCUT2D eigenvalue weighted by atomic mass is 10.0. The molecule has 148 valence electrons. The molecule has 0 N–H and O–H groups in total. The fourth-order valence-electron chi connectivity index (χ4n) is 3.07. The number of Topliss-reactive ketones (excluding diaryl/α,β-unsaturated/α-hetero) is 1. The minimum absolute atomic E-state index is 0.0292. The van der Waals surface area contributed by atoms with Gasteiger partial charge in [-0.3, -0.25) is 4.79 Å². The van der Waals surface area contributed by atoms with Crippen LogP contribution in [0, 0.1) is 0 Å². The summed E-state index contributed by atoms with van der Waals surface area (Å²) in [6.07, 6.45) is 1.50. The number of carbonyl (C=O) groups is 3. The van der Waals surface area contributed by atoms with Gasteiger partial charge in [0.1, 0.15) is 16.9 Å². The number of allylic oxidation sites excluding steroid dienone is 1. The monoisotopic (exact) mass is 376 g/mol. The van der Waals surface area contributed by atoms with Crippen molar-refractivity contribution in [3.05, 3.63) is 34.8 Å². The van der Waals surface area contributed by atoms with Crippen molar-refractivity contribution in [2.24, 2.45) is 7.05 Å². The van der Waals surface area contributed by atoms with Crippen LogP contribution in [0.3, 0.4) is 0 Å². The van der Waals surface area contributed by atoms with Crippen molar-refractivity contribution in [2.45, 2.75) is 46.1 Å². The highest BCUT2D eigenvalue weighted by Crippen LogP contribution is 2.27. The van der Waals surface area contributed by atoms with Gasteiger partial charge < -0.3 is 18.9 Å². The van der Waals surface area contributed by atoms with E-state index >= 15 is 0 Å². The molecule has 1 fully saturated rings. The van der Waals surface area contributed by atoms with Crippen LogP contribution < -0.4 is 0 Å². The van der Waals surface area contributed by atoms with E-state index in [1.54, 1.807) is 34.7 Å². The molecule has 0 bridgehead atoms. The third kappa shape index (κ3) is 4.59. The fraction of sp³-hybridized carbons (Fsp3) is 0.550. The minimum atomic E-state index is -0.718. The molecule has 0 aliphatic carbocycles. The predicted molar refractivity (Wildman–Crippen MR) is 100 cm³/mol. The largest absolute Gasteiger partial charge is 0.461 e. The molecule has 0 radical (unpaired) electrons. The Balaban J connectivity index is 2.47. The van der Waals surface area contributed by atoms with Crippen molar-refractivity contribution in [3.63, 3.8) is 0 Å². The average Bonchev–Trinajstić information content (AvgIpc) is 3.12. The zero-order chi connectivity index (χ0) is 20.4. The van der Waals surface area contributed by atoms with Crippen molar-refractivity contribution >= 4 is 17.7 Å². The number of rotatable bonds is 5. The van der Waals surface area contributed by atoms with Crippen LogP contribution in [0.15, 0.2) is 23.4 Å². The van der Waals surface area contributed by atoms with Crippen LogP contribution in [0.5, 0.6) is 0 Å². The molecule has 1 aliphatic rings. The number of aromatic nitrogens is 1. The van der Waals surface area contributed by atoms with Gasteiger partial charge in [-0.05, 0) is 52.7 Å². The van der Waals surface area contributed by atoms with Crippen LogP contribution in [0.4, 0.5) is 0 Å². The Labute approximate surface area is 159 Å². The third-order valence-electron chi connectivity index (χ3n) is 4.33. The smallest absolute Gasteiger partial charge is 0.354 e. The molecule has 1 saturated heterocycles. The van der Waals surface area contributed by atoms with E-state index in [4.69, 9.17) is 9.47 Å². The Morgan fingerprint density at radius 2 is 1.74 bits per heavy atom. The van der Waals surface area contributed by atoms with E-state index in [-0.39, 0.29) is 23.6 Å². The number of ketones is 1. The van der Waals surface area contributed by atoms with Crippen LogP contribution in [-0.2, 0) is 21.3 Å². The quantitative estimate of drug-likeness (QED) is 0.259. The van der Waals surface area contributed by atoms with Gasteiger partial charge in [0.25, 0.3) is 0 Å². The maximum atomic E-state index is 13.3. The molecule has 1 aromatic heterocycles. The Morgan fingerprint density at radius 1 is 1.11 bits per heavy atom. The van der Waals surface area contributed by atoms with Crippen LogP contribution in [0.25, 0.3) is 0 Å². The van der Waals surface area contributed by atoms with Gasteiger partial charge in [0, 0.05) is 26.3 Å². The summed E-state index contributed by atoms with van der Waals surface area (Å²) in [6, 6.07) is 3.06. The van der Waals surface area contributed by atoms with Crippen molar-refractivity contribution in [2.75, 3.05) is 20.2 Å². The average molecular weight is 376 g/mol. The summed E-state index contributed by atoms with van der Waals surface area (Å²) in [4.78, 5) is 40.0. The number of esters is 2. The summed E-state index contributed by atoms with van der Waals surface area (Å²) in [5, 5.41) is 0. The Morgan fingerprint density at radius 3 is 2.26 bits per heavy atom. The fourth-order valence-corrected chi connectivity index (χ4v) is 3.07. The lowest BCUT2D eigenvalue weighted by Crippen LogP contribution is -2.30.